The molecule has 2 aliphatic heterocycles. The van der Waals surface area contributed by atoms with Crippen LogP contribution in [0.5, 0.6) is 0 Å². The van der Waals surface area contributed by atoms with Gasteiger partial charge < -0.3 is 14.9 Å². The first-order chi connectivity index (χ1) is 16.7. The van der Waals surface area contributed by atoms with Crippen LogP contribution in [0, 0.1) is 0 Å². The number of aromatic nitrogens is 2. The molecule has 3 aliphatic rings. The summed E-state index contributed by atoms with van der Waals surface area (Å²) in [6.45, 7) is 5.19. The molecule has 0 radical (unpaired) electrons. The average molecular weight is 458 g/mol. The number of hydrogen-bond acceptors (Lipinski definition) is 6. The monoisotopic (exact) mass is 457 g/mol. The summed E-state index contributed by atoms with van der Waals surface area (Å²) < 4.78 is 0. The number of aliphatic hydroxyl groups excluding tert-OH is 1. The molecule has 1 amide bonds. The molecule has 2 atom stereocenters. The highest BCUT2D eigenvalue weighted by Gasteiger charge is 2.38. The van der Waals surface area contributed by atoms with E-state index in [1.807, 2.05) is 35.6 Å². The summed E-state index contributed by atoms with van der Waals surface area (Å²) in [7, 11) is 0. The second-order valence-electron chi connectivity index (χ2n) is 9.79. The van der Waals surface area contributed by atoms with Crippen molar-refractivity contribution in [1.29, 1.82) is 0 Å². The molecule has 0 spiro atoms. The Balaban J connectivity index is 1.25. The molecule has 3 aromatic rings. The molecule has 176 valence electrons. The van der Waals surface area contributed by atoms with Gasteiger partial charge in [0.15, 0.2) is 0 Å². The molecule has 34 heavy (non-hydrogen) atoms. The molecule has 1 aliphatic carbocycles. The summed E-state index contributed by atoms with van der Waals surface area (Å²) in [6, 6.07) is 10.2. The van der Waals surface area contributed by atoms with Crippen LogP contribution in [0.1, 0.15) is 47.2 Å². The fourth-order valence-electron chi connectivity index (χ4n) is 5.92. The van der Waals surface area contributed by atoms with Crippen LogP contribution >= 0.6 is 0 Å². The number of rotatable bonds is 4. The molecule has 7 nitrogen and oxygen atoms in total. The van der Waals surface area contributed by atoms with Crippen molar-refractivity contribution in [2.45, 2.75) is 50.9 Å². The highest BCUT2D eigenvalue weighted by molar-refractivity contribution is 6.04. The molecular weight excluding hydrogens is 426 g/mol. The van der Waals surface area contributed by atoms with Crippen LogP contribution in [0.15, 0.2) is 48.9 Å². The van der Waals surface area contributed by atoms with Gasteiger partial charge in [0.2, 0.25) is 0 Å². The van der Waals surface area contributed by atoms with E-state index >= 15 is 0 Å². The van der Waals surface area contributed by atoms with Gasteiger partial charge in [-0.05, 0) is 42.7 Å². The number of nitrogens with zero attached hydrogens (tertiary/aromatic N) is 5. The van der Waals surface area contributed by atoms with E-state index in [9.17, 15) is 9.90 Å². The Hall–Kier alpha value is -3.03. The summed E-state index contributed by atoms with van der Waals surface area (Å²) in [5.74, 6) is 0.0520. The first kappa shape index (κ1) is 21.5. The van der Waals surface area contributed by atoms with Crippen molar-refractivity contribution >= 4 is 22.5 Å². The lowest BCUT2D eigenvalue weighted by molar-refractivity contribution is 0.0192. The zero-order chi connectivity index (χ0) is 23.1. The summed E-state index contributed by atoms with van der Waals surface area (Å²) >= 11 is 0. The molecule has 1 aromatic carbocycles. The first-order valence-electron chi connectivity index (χ1n) is 12.4. The standard InChI is InChI=1S/C27H31N5O2/c33-25-8-2-1-7-24(25)32-18-23-22(27(32)34)15-19(21-6-4-10-29-26(21)23)17-30-11-13-31(14-12-30)20-5-3-9-28-16-20/h3-6,9-10,15-16,24-25,33H,1-2,7-8,11-14,17-18H2. The molecular formula is C27H31N5O2. The maximum absolute atomic E-state index is 13.5. The van der Waals surface area contributed by atoms with Crippen LogP contribution in [0.3, 0.4) is 0 Å². The molecule has 7 heteroatoms. The predicted molar refractivity (Wildman–Crippen MR) is 132 cm³/mol. The van der Waals surface area contributed by atoms with Crippen molar-refractivity contribution in [2.75, 3.05) is 31.1 Å². The van der Waals surface area contributed by atoms with Crippen LogP contribution in [-0.2, 0) is 13.1 Å². The number of piperazine rings is 1. The van der Waals surface area contributed by atoms with Crippen molar-refractivity contribution in [3.05, 3.63) is 65.6 Å². The topological polar surface area (TPSA) is 72.8 Å². The van der Waals surface area contributed by atoms with Crippen LogP contribution in [0.2, 0.25) is 0 Å². The maximum Gasteiger partial charge on any atom is 0.254 e. The van der Waals surface area contributed by atoms with Crippen LogP contribution in [0.25, 0.3) is 10.9 Å². The third-order valence-electron chi connectivity index (χ3n) is 7.77. The Morgan fingerprint density at radius 3 is 2.65 bits per heavy atom. The Labute approximate surface area is 200 Å². The maximum atomic E-state index is 13.5. The van der Waals surface area contributed by atoms with Gasteiger partial charge in [-0.2, -0.15) is 0 Å². The lowest BCUT2D eigenvalue weighted by atomic mass is 9.91. The van der Waals surface area contributed by atoms with Gasteiger partial charge in [0, 0.05) is 68.2 Å². The van der Waals surface area contributed by atoms with Gasteiger partial charge >= 0.3 is 0 Å². The van der Waals surface area contributed by atoms with Gasteiger partial charge in [0.05, 0.1) is 29.5 Å². The lowest BCUT2D eigenvalue weighted by Gasteiger charge is -2.36. The van der Waals surface area contributed by atoms with E-state index in [4.69, 9.17) is 4.98 Å². The number of amides is 1. The molecule has 2 aromatic heterocycles. The van der Waals surface area contributed by atoms with Gasteiger partial charge in [-0.25, -0.2) is 0 Å². The second-order valence-corrected chi connectivity index (χ2v) is 9.79. The van der Waals surface area contributed by atoms with Gasteiger partial charge in [-0.1, -0.05) is 18.9 Å². The summed E-state index contributed by atoms with van der Waals surface area (Å²) in [5.41, 5.74) is 5.06. The summed E-state index contributed by atoms with van der Waals surface area (Å²) in [4.78, 5) is 29.2. The normalized spacial score (nSPS) is 23.5. The minimum absolute atomic E-state index is 0.0520. The van der Waals surface area contributed by atoms with Crippen LogP contribution in [-0.4, -0.2) is 69.1 Å². The smallest absolute Gasteiger partial charge is 0.254 e. The minimum Gasteiger partial charge on any atom is -0.391 e. The van der Waals surface area contributed by atoms with E-state index < -0.39 is 6.10 Å². The molecule has 4 heterocycles. The lowest BCUT2D eigenvalue weighted by Crippen LogP contribution is -2.46. The second kappa shape index (κ2) is 8.96. The molecule has 1 saturated heterocycles. The number of hydrogen-bond donors (Lipinski definition) is 1. The molecule has 0 bridgehead atoms. The van der Waals surface area contributed by atoms with Crippen molar-refractivity contribution in [2.24, 2.45) is 0 Å². The zero-order valence-corrected chi connectivity index (χ0v) is 19.4. The van der Waals surface area contributed by atoms with E-state index in [1.165, 1.54) is 5.69 Å². The number of carbonyl (C=O) groups is 1. The van der Waals surface area contributed by atoms with E-state index in [1.54, 1.807) is 0 Å². The van der Waals surface area contributed by atoms with E-state index in [0.717, 1.165) is 86.0 Å². The number of benzene rings is 1. The van der Waals surface area contributed by atoms with Gasteiger partial charge in [-0.15, -0.1) is 0 Å². The molecule has 6 rings (SSSR count). The fraction of sp³-hybridized carbons (Fsp3) is 0.444. The van der Waals surface area contributed by atoms with E-state index in [-0.39, 0.29) is 11.9 Å². The number of carbonyl (C=O) groups excluding carboxylic acids is 1. The quantitative estimate of drug-likeness (QED) is 0.649. The first-order valence-corrected chi connectivity index (χ1v) is 12.4. The minimum atomic E-state index is -0.429. The van der Waals surface area contributed by atoms with Crippen molar-refractivity contribution in [3.63, 3.8) is 0 Å². The van der Waals surface area contributed by atoms with Crippen LogP contribution < -0.4 is 4.90 Å². The predicted octanol–water partition coefficient (Wildman–Crippen LogP) is 3.21. The van der Waals surface area contributed by atoms with Crippen LogP contribution in [0.4, 0.5) is 5.69 Å². The van der Waals surface area contributed by atoms with Gasteiger partial charge in [-0.3, -0.25) is 19.7 Å². The van der Waals surface area contributed by atoms with Gasteiger partial charge in [0.1, 0.15) is 0 Å². The molecule has 1 saturated carbocycles. The molecule has 1 N–H and O–H groups in total. The summed E-state index contributed by atoms with van der Waals surface area (Å²) in [5, 5.41) is 11.7. The third kappa shape index (κ3) is 3.83. The van der Waals surface area contributed by atoms with E-state index in [2.05, 4.69) is 33.0 Å². The highest BCUT2D eigenvalue weighted by atomic mass is 16.3. The van der Waals surface area contributed by atoms with Crippen molar-refractivity contribution in [1.82, 2.24) is 19.8 Å². The van der Waals surface area contributed by atoms with Crippen molar-refractivity contribution < 1.29 is 9.90 Å². The Kier molecular flexibility index (Phi) is 5.67. The largest absolute Gasteiger partial charge is 0.391 e. The number of anilines is 1. The summed E-state index contributed by atoms with van der Waals surface area (Å²) in [6.07, 6.45) is 8.89. The SMILES string of the molecule is O=C1c2cc(CN3CCN(c4cccnc4)CC3)c3cccnc3c2CN1C1CCCCC1O. The highest BCUT2D eigenvalue weighted by Crippen LogP contribution is 2.36. The fourth-order valence-corrected chi connectivity index (χ4v) is 5.92. The number of fused-ring (bicyclic) bond motifs is 3. The average Bonchev–Trinajstić information content (AvgIpc) is 3.21. The molecule has 2 unspecified atom stereocenters. The number of pyridine rings is 2. The number of aliphatic hydroxyl groups is 1. The Bertz CT molecular complexity index is 1190. The third-order valence-corrected chi connectivity index (χ3v) is 7.77. The van der Waals surface area contributed by atoms with E-state index in [0.29, 0.717) is 6.54 Å². The Morgan fingerprint density at radius 1 is 1.03 bits per heavy atom. The zero-order valence-electron chi connectivity index (χ0n) is 19.4. The van der Waals surface area contributed by atoms with Gasteiger partial charge in [0.25, 0.3) is 5.91 Å². The molecule has 2 fully saturated rings. The Morgan fingerprint density at radius 2 is 1.85 bits per heavy atom. The van der Waals surface area contributed by atoms with Crippen molar-refractivity contribution in [3.8, 4) is 0 Å².